The van der Waals surface area contributed by atoms with Gasteiger partial charge in [0.15, 0.2) is 6.61 Å². The van der Waals surface area contributed by atoms with E-state index in [1.54, 1.807) is 6.21 Å². The number of nitrogens with zero attached hydrogens (tertiary/aromatic N) is 2. The van der Waals surface area contributed by atoms with Gasteiger partial charge in [-0.1, -0.05) is 39.0 Å². The SMILES string of the molecule is CN(C)c1ccc(/C=N/NC(=O)COc2ccc(C(C)(C)C)cc2Br)cc1. The smallest absolute Gasteiger partial charge is 0.277 e. The molecule has 27 heavy (non-hydrogen) atoms. The third kappa shape index (κ3) is 6.40. The lowest BCUT2D eigenvalue weighted by Crippen LogP contribution is -2.24. The molecule has 0 aliphatic carbocycles. The van der Waals surface area contributed by atoms with Crippen molar-refractivity contribution < 1.29 is 9.53 Å². The molecule has 6 heteroatoms. The Bertz CT molecular complexity index is 809. The summed E-state index contributed by atoms with van der Waals surface area (Å²) in [6.45, 7) is 6.34. The van der Waals surface area contributed by atoms with Crippen LogP contribution < -0.4 is 15.1 Å². The quantitative estimate of drug-likeness (QED) is 0.546. The zero-order chi connectivity index (χ0) is 20.0. The van der Waals surface area contributed by atoms with Crippen LogP contribution in [-0.4, -0.2) is 32.8 Å². The van der Waals surface area contributed by atoms with Crippen LogP contribution in [0.4, 0.5) is 5.69 Å². The molecule has 0 aliphatic heterocycles. The van der Waals surface area contributed by atoms with Gasteiger partial charge < -0.3 is 9.64 Å². The molecule has 2 aromatic carbocycles. The second kappa shape index (κ2) is 9.04. The molecule has 2 aromatic rings. The monoisotopic (exact) mass is 431 g/mol. The fourth-order valence-corrected chi connectivity index (χ4v) is 2.79. The van der Waals surface area contributed by atoms with Crippen molar-refractivity contribution in [2.75, 3.05) is 25.6 Å². The standard InChI is InChI=1S/C21H26BrN3O2/c1-21(2,3)16-8-11-19(18(22)12-16)27-14-20(26)24-23-13-15-6-9-17(10-7-15)25(4)5/h6-13H,14H2,1-5H3,(H,24,26)/b23-13+. The number of ether oxygens (including phenoxy) is 1. The Morgan fingerprint density at radius 2 is 1.85 bits per heavy atom. The van der Waals surface area contributed by atoms with Crippen molar-refractivity contribution in [1.82, 2.24) is 5.43 Å². The lowest BCUT2D eigenvalue weighted by atomic mass is 9.87. The molecule has 1 amide bonds. The number of hydrogen-bond donors (Lipinski definition) is 1. The predicted octanol–water partition coefficient (Wildman–Crippen LogP) is 4.34. The van der Waals surface area contributed by atoms with Crippen molar-refractivity contribution in [1.29, 1.82) is 0 Å². The molecule has 0 aromatic heterocycles. The second-order valence-electron chi connectivity index (χ2n) is 7.46. The van der Waals surface area contributed by atoms with Gasteiger partial charge in [0.2, 0.25) is 0 Å². The normalized spacial score (nSPS) is 11.5. The van der Waals surface area contributed by atoms with E-state index in [1.165, 1.54) is 5.56 Å². The van der Waals surface area contributed by atoms with Crippen LogP contribution in [0.25, 0.3) is 0 Å². The Hall–Kier alpha value is -2.34. The van der Waals surface area contributed by atoms with Crippen molar-refractivity contribution in [2.24, 2.45) is 5.10 Å². The number of carbonyl (C=O) groups is 1. The van der Waals surface area contributed by atoms with Crippen molar-refractivity contribution >= 4 is 33.7 Å². The van der Waals surface area contributed by atoms with Crippen LogP contribution in [0.1, 0.15) is 31.9 Å². The molecular weight excluding hydrogens is 406 g/mol. The number of hydrazone groups is 1. The first kappa shape index (κ1) is 21.0. The number of rotatable bonds is 6. The summed E-state index contributed by atoms with van der Waals surface area (Å²) in [5, 5.41) is 3.97. The van der Waals surface area contributed by atoms with E-state index in [1.807, 2.05) is 61.5 Å². The Morgan fingerprint density at radius 3 is 2.41 bits per heavy atom. The summed E-state index contributed by atoms with van der Waals surface area (Å²) in [5.74, 6) is 0.310. The van der Waals surface area contributed by atoms with Gasteiger partial charge in [-0.3, -0.25) is 4.79 Å². The molecule has 1 N–H and O–H groups in total. The number of anilines is 1. The average Bonchev–Trinajstić information content (AvgIpc) is 2.60. The third-order valence-electron chi connectivity index (χ3n) is 3.97. The van der Waals surface area contributed by atoms with Crippen LogP contribution in [0.2, 0.25) is 0 Å². The molecule has 0 atom stereocenters. The summed E-state index contributed by atoms with van der Waals surface area (Å²) >= 11 is 3.50. The summed E-state index contributed by atoms with van der Waals surface area (Å²) in [4.78, 5) is 13.9. The highest BCUT2D eigenvalue weighted by Gasteiger charge is 2.15. The molecule has 0 saturated carbocycles. The molecule has 0 bridgehead atoms. The van der Waals surface area contributed by atoms with Gasteiger partial charge in [0, 0.05) is 19.8 Å². The van der Waals surface area contributed by atoms with Crippen LogP contribution in [-0.2, 0) is 10.2 Å². The highest BCUT2D eigenvalue weighted by atomic mass is 79.9. The van der Waals surface area contributed by atoms with Crippen molar-refractivity contribution in [3.8, 4) is 5.75 Å². The summed E-state index contributed by atoms with van der Waals surface area (Å²) in [6.07, 6.45) is 1.60. The molecule has 0 unspecified atom stereocenters. The first-order valence-electron chi connectivity index (χ1n) is 8.69. The Balaban J connectivity index is 1.85. The first-order valence-corrected chi connectivity index (χ1v) is 9.48. The minimum absolute atomic E-state index is 0.0535. The van der Waals surface area contributed by atoms with Gasteiger partial charge in [-0.2, -0.15) is 5.10 Å². The van der Waals surface area contributed by atoms with Gasteiger partial charge in [0.1, 0.15) is 5.75 Å². The van der Waals surface area contributed by atoms with Crippen molar-refractivity contribution in [3.05, 3.63) is 58.1 Å². The van der Waals surface area contributed by atoms with Gasteiger partial charge in [-0.25, -0.2) is 5.43 Å². The maximum absolute atomic E-state index is 11.9. The molecule has 144 valence electrons. The molecule has 0 aliphatic rings. The van der Waals surface area contributed by atoms with E-state index in [-0.39, 0.29) is 17.9 Å². The number of amides is 1. The van der Waals surface area contributed by atoms with Crippen LogP contribution in [0.3, 0.4) is 0 Å². The van der Waals surface area contributed by atoms with E-state index in [9.17, 15) is 4.79 Å². The van der Waals surface area contributed by atoms with Crippen LogP contribution >= 0.6 is 15.9 Å². The van der Waals surface area contributed by atoms with E-state index in [0.29, 0.717) is 5.75 Å². The number of hydrogen-bond acceptors (Lipinski definition) is 4. The highest BCUT2D eigenvalue weighted by Crippen LogP contribution is 2.31. The average molecular weight is 432 g/mol. The van der Waals surface area contributed by atoms with E-state index < -0.39 is 0 Å². The molecule has 2 rings (SSSR count). The topological polar surface area (TPSA) is 53.9 Å². The molecule has 0 saturated heterocycles. The lowest BCUT2D eigenvalue weighted by molar-refractivity contribution is -0.123. The maximum Gasteiger partial charge on any atom is 0.277 e. The van der Waals surface area contributed by atoms with Crippen molar-refractivity contribution in [2.45, 2.75) is 26.2 Å². The summed E-state index contributed by atoms with van der Waals surface area (Å²) < 4.78 is 6.40. The zero-order valence-corrected chi connectivity index (χ0v) is 18.0. The molecular formula is C21H26BrN3O2. The van der Waals surface area contributed by atoms with Crippen molar-refractivity contribution in [3.63, 3.8) is 0 Å². The van der Waals surface area contributed by atoms with Gasteiger partial charge in [-0.05, 0) is 56.7 Å². The van der Waals surface area contributed by atoms with E-state index >= 15 is 0 Å². The van der Waals surface area contributed by atoms with Crippen LogP contribution in [0.5, 0.6) is 5.75 Å². The fraction of sp³-hybridized carbons (Fsp3) is 0.333. The van der Waals surface area contributed by atoms with Crippen LogP contribution in [0, 0.1) is 0 Å². The second-order valence-corrected chi connectivity index (χ2v) is 8.32. The van der Waals surface area contributed by atoms with E-state index in [2.05, 4.69) is 47.2 Å². The van der Waals surface area contributed by atoms with Gasteiger partial charge in [-0.15, -0.1) is 0 Å². The van der Waals surface area contributed by atoms with Gasteiger partial charge in [0.25, 0.3) is 5.91 Å². The third-order valence-corrected chi connectivity index (χ3v) is 4.59. The molecule has 5 nitrogen and oxygen atoms in total. The maximum atomic E-state index is 11.9. The minimum atomic E-state index is -0.317. The number of carbonyl (C=O) groups excluding carboxylic acids is 1. The highest BCUT2D eigenvalue weighted by molar-refractivity contribution is 9.10. The van der Waals surface area contributed by atoms with Gasteiger partial charge in [0.05, 0.1) is 10.7 Å². The Labute approximate surface area is 169 Å². The molecule has 0 heterocycles. The largest absolute Gasteiger partial charge is 0.483 e. The predicted molar refractivity (Wildman–Crippen MR) is 115 cm³/mol. The molecule has 0 spiro atoms. The number of halogens is 1. The summed E-state index contributed by atoms with van der Waals surface area (Å²) in [5.41, 5.74) is 5.73. The summed E-state index contributed by atoms with van der Waals surface area (Å²) in [7, 11) is 3.97. The Kier molecular flexibility index (Phi) is 7.02. The Morgan fingerprint density at radius 1 is 1.19 bits per heavy atom. The first-order chi connectivity index (χ1) is 12.7. The molecule has 0 fully saturated rings. The lowest BCUT2D eigenvalue weighted by Gasteiger charge is -2.20. The fourth-order valence-electron chi connectivity index (χ4n) is 2.30. The number of benzene rings is 2. The zero-order valence-electron chi connectivity index (χ0n) is 16.4. The summed E-state index contributed by atoms with van der Waals surface area (Å²) in [6, 6.07) is 13.8. The minimum Gasteiger partial charge on any atom is -0.483 e. The van der Waals surface area contributed by atoms with E-state index in [4.69, 9.17) is 4.74 Å². The number of nitrogens with one attached hydrogen (secondary N) is 1. The van der Waals surface area contributed by atoms with Gasteiger partial charge >= 0.3 is 0 Å². The van der Waals surface area contributed by atoms with E-state index in [0.717, 1.165) is 15.7 Å². The molecule has 0 radical (unpaired) electrons. The van der Waals surface area contributed by atoms with Crippen LogP contribution in [0.15, 0.2) is 52.0 Å².